The highest BCUT2D eigenvalue weighted by Crippen LogP contribution is 2.21. The van der Waals surface area contributed by atoms with Crippen LogP contribution in [-0.2, 0) is 24.1 Å². The van der Waals surface area contributed by atoms with Gasteiger partial charge in [-0.25, -0.2) is 5.90 Å². The number of hydrogen-bond acceptors (Lipinski definition) is 2. The van der Waals surface area contributed by atoms with Gasteiger partial charge in [0.25, 0.3) is 0 Å². The van der Waals surface area contributed by atoms with Crippen molar-refractivity contribution in [2.45, 2.75) is 38.5 Å². The van der Waals surface area contributed by atoms with Crippen molar-refractivity contribution in [2.24, 2.45) is 5.90 Å². The van der Waals surface area contributed by atoms with E-state index in [0.717, 1.165) is 6.42 Å². The van der Waals surface area contributed by atoms with E-state index in [1.807, 2.05) is 0 Å². The van der Waals surface area contributed by atoms with E-state index >= 15 is 0 Å². The fourth-order valence-electron chi connectivity index (χ4n) is 2.30. The first-order valence-electron chi connectivity index (χ1n) is 5.82. The molecule has 1 aromatic rings. The third-order valence-corrected chi connectivity index (χ3v) is 3.17. The third-order valence-electron chi connectivity index (χ3n) is 3.17. The number of benzene rings is 1. The Morgan fingerprint density at radius 2 is 1.87 bits per heavy atom. The van der Waals surface area contributed by atoms with E-state index in [-0.39, 0.29) is 0 Å². The molecule has 15 heavy (non-hydrogen) atoms. The SMILES string of the molecule is NOCCc1ccc2c(c1)CCCCC2. The Labute approximate surface area is 91.4 Å². The van der Waals surface area contributed by atoms with Crippen LogP contribution < -0.4 is 5.90 Å². The molecular weight excluding hydrogens is 186 g/mol. The lowest BCUT2D eigenvalue weighted by atomic mass is 9.99. The Balaban J connectivity index is 2.13. The molecule has 2 rings (SSSR count). The van der Waals surface area contributed by atoms with E-state index < -0.39 is 0 Å². The lowest BCUT2D eigenvalue weighted by molar-refractivity contribution is 0.141. The molecule has 1 aliphatic carbocycles. The van der Waals surface area contributed by atoms with Crippen LogP contribution in [0.4, 0.5) is 0 Å². The summed E-state index contributed by atoms with van der Waals surface area (Å²) in [4.78, 5) is 4.61. The minimum absolute atomic E-state index is 0.610. The van der Waals surface area contributed by atoms with Gasteiger partial charge in [-0.3, -0.25) is 0 Å². The number of rotatable bonds is 3. The molecule has 0 saturated carbocycles. The van der Waals surface area contributed by atoms with Crippen LogP contribution in [0.5, 0.6) is 0 Å². The summed E-state index contributed by atoms with van der Waals surface area (Å²) in [6.07, 6.45) is 7.47. The van der Waals surface area contributed by atoms with Crippen molar-refractivity contribution in [2.75, 3.05) is 6.61 Å². The van der Waals surface area contributed by atoms with Crippen LogP contribution >= 0.6 is 0 Å². The van der Waals surface area contributed by atoms with Gasteiger partial charge in [-0.2, -0.15) is 0 Å². The van der Waals surface area contributed by atoms with E-state index in [0.29, 0.717) is 6.61 Å². The Hall–Kier alpha value is -0.860. The summed E-state index contributed by atoms with van der Waals surface area (Å²) < 4.78 is 0. The quantitative estimate of drug-likeness (QED) is 0.607. The maximum atomic E-state index is 5.04. The van der Waals surface area contributed by atoms with Gasteiger partial charge in [0.2, 0.25) is 0 Å². The van der Waals surface area contributed by atoms with Crippen LogP contribution in [0.1, 0.15) is 36.0 Å². The summed E-state index contributed by atoms with van der Waals surface area (Å²) >= 11 is 0. The standard InChI is InChI=1S/C13H19NO/c14-15-9-8-11-6-7-12-4-2-1-3-5-13(12)10-11/h6-7,10H,1-5,8-9,14H2. The summed E-state index contributed by atoms with van der Waals surface area (Å²) in [6.45, 7) is 0.610. The van der Waals surface area contributed by atoms with E-state index in [1.165, 1.54) is 37.7 Å². The molecule has 1 aromatic carbocycles. The van der Waals surface area contributed by atoms with Gasteiger partial charge in [-0.15, -0.1) is 0 Å². The van der Waals surface area contributed by atoms with Gasteiger partial charge in [0.1, 0.15) is 0 Å². The normalized spacial score (nSPS) is 15.8. The summed E-state index contributed by atoms with van der Waals surface area (Å²) in [6, 6.07) is 6.83. The largest absolute Gasteiger partial charge is 0.304 e. The first-order valence-corrected chi connectivity index (χ1v) is 5.82. The highest BCUT2D eigenvalue weighted by atomic mass is 16.6. The highest BCUT2D eigenvalue weighted by Gasteiger charge is 2.08. The second-order valence-corrected chi connectivity index (χ2v) is 4.28. The minimum atomic E-state index is 0.610. The van der Waals surface area contributed by atoms with Gasteiger partial charge in [-0.05, 0) is 48.8 Å². The molecule has 0 heterocycles. The zero-order valence-corrected chi connectivity index (χ0v) is 9.17. The average Bonchev–Trinajstić information content (AvgIpc) is 2.50. The Kier molecular flexibility index (Phi) is 3.75. The Morgan fingerprint density at radius 1 is 1.07 bits per heavy atom. The molecular formula is C13H19NO. The summed E-state index contributed by atoms with van der Waals surface area (Å²) in [5.41, 5.74) is 4.44. The number of aryl methyl sites for hydroxylation is 2. The van der Waals surface area contributed by atoms with E-state index in [9.17, 15) is 0 Å². The summed E-state index contributed by atoms with van der Waals surface area (Å²) in [5, 5.41) is 0. The van der Waals surface area contributed by atoms with Crippen molar-refractivity contribution in [3.05, 3.63) is 34.9 Å². The molecule has 0 aliphatic heterocycles. The lowest BCUT2D eigenvalue weighted by Crippen LogP contribution is -2.04. The van der Waals surface area contributed by atoms with Crippen LogP contribution in [0, 0.1) is 0 Å². The van der Waals surface area contributed by atoms with Crippen molar-refractivity contribution in [3.8, 4) is 0 Å². The van der Waals surface area contributed by atoms with Gasteiger partial charge in [0.15, 0.2) is 0 Å². The molecule has 2 heteroatoms. The Bertz CT molecular complexity index is 322. The van der Waals surface area contributed by atoms with Gasteiger partial charge in [-0.1, -0.05) is 24.6 Å². The van der Waals surface area contributed by atoms with Crippen molar-refractivity contribution in [1.82, 2.24) is 0 Å². The molecule has 0 saturated heterocycles. The monoisotopic (exact) mass is 205 g/mol. The first kappa shape index (κ1) is 10.7. The molecule has 2 nitrogen and oxygen atoms in total. The van der Waals surface area contributed by atoms with Crippen molar-refractivity contribution in [3.63, 3.8) is 0 Å². The van der Waals surface area contributed by atoms with Crippen LogP contribution in [0.2, 0.25) is 0 Å². The first-order chi connectivity index (χ1) is 7.40. The zero-order valence-electron chi connectivity index (χ0n) is 9.17. The Morgan fingerprint density at radius 3 is 2.67 bits per heavy atom. The number of nitrogens with two attached hydrogens (primary N) is 1. The molecule has 0 fully saturated rings. The molecule has 1 aliphatic rings. The lowest BCUT2D eigenvalue weighted by Gasteiger charge is -2.08. The smallest absolute Gasteiger partial charge is 0.0719 e. The second kappa shape index (κ2) is 5.29. The fraction of sp³-hybridized carbons (Fsp3) is 0.538. The molecule has 0 atom stereocenters. The molecule has 0 radical (unpaired) electrons. The summed E-state index contributed by atoms with van der Waals surface area (Å²) in [5.74, 6) is 5.04. The van der Waals surface area contributed by atoms with Gasteiger partial charge in [0.05, 0.1) is 6.61 Å². The predicted molar refractivity (Wildman–Crippen MR) is 61.5 cm³/mol. The molecule has 0 bridgehead atoms. The minimum Gasteiger partial charge on any atom is -0.304 e. The van der Waals surface area contributed by atoms with Crippen LogP contribution in [-0.4, -0.2) is 6.61 Å². The number of hydrogen-bond donors (Lipinski definition) is 1. The van der Waals surface area contributed by atoms with Crippen molar-refractivity contribution in [1.29, 1.82) is 0 Å². The maximum absolute atomic E-state index is 5.04. The second-order valence-electron chi connectivity index (χ2n) is 4.28. The average molecular weight is 205 g/mol. The van der Waals surface area contributed by atoms with Crippen LogP contribution in [0.3, 0.4) is 0 Å². The molecule has 82 valence electrons. The topological polar surface area (TPSA) is 35.2 Å². The molecule has 0 amide bonds. The summed E-state index contributed by atoms with van der Waals surface area (Å²) in [7, 11) is 0. The predicted octanol–water partition coefficient (Wildman–Crippen LogP) is 2.39. The maximum Gasteiger partial charge on any atom is 0.0719 e. The van der Waals surface area contributed by atoms with Gasteiger partial charge < -0.3 is 4.84 Å². The van der Waals surface area contributed by atoms with Crippen LogP contribution in [0.15, 0.2) is 18.2 Å². The zero-order chi connectivity index (χ0) is 10.5. The van der Waals surface area contributed by atoms with Crippen molar-refractivity contribution < 1.29 is 4.84 Å². The van der Waals surface area contributed by atoms with Crippen molar-refractivity contribution >= 4 is 0 Å². The fourth-order valence-corrected chi connectivity index (χ4v) is 2.30. The molecule has 0 unspecified atom stereocenters. The third kappa shape index (κ3) is 2.80. The molecule has 2 N–H and O–H groups in total. The van der Waals surface area contributed by atoms with Crippen LogP contribution in [0.25, 0.3) is 0 Å². The molecule has 0 spiro atoms. The van der Waals surface area contributed by atoms with E-state index in [4.69, 9.17) is 5.90 Å². The van der Waals surface area contributed by atoms with E-state index in [2.05, 4.69) is 23.0 Å². The van der Waals surface area contributed by atoms with Gasteiger partial charge >= 0.3 is 0 Å². The number of fused-ring (bicyclic) bond motifs is 1. The highest BCUT2D eigenvalue weighted by molar-refractivity contribution is 5.33. The van der Waals surface area contributed by atoms with E-state index in [1.54, 1.807) is 11.1 Å². The van der Waals surface area contributed by atoms with Gasteiger partial charge in [0, 0.05) is 0 Å². The molecule has 0 aromatic heterocycles.